The van der Waals surface area contributed by atoms with Crippen molar-refractivity contribution in [2.24, 2.45) is 10.7 Å². The van der Waals surface area contributed by atoms with Crippen LogP contribution in [-0.4, -0.2) is 73.7 Å². The Morgan fingerprint density at radius 1 is 1.28 bits per heavy atom. The molecule has 43 heavy (non-hydrogen) atoms. The molecule has 1 aliphatic heterocycles. The molecule has 2 unspecified atom stereocenters. The zero-order valence-corrected chi connectivity index (χ0v) is 28.6. The number of nitrogen functional groups attached to an aromatic ring is 1. The summed E-state index contributed by atoms with van der Waals surface area (Å²) in [6.45, 7) is 21.2. The number of allylic oxidation sites excluding steroid dienone is 4. The zero-order valence-electron chi connectivity index (χ0n) is 27.0. The van der Waals surface area contributed by atoms with Gasteiger partial charge in [0.1, 0.15) is 16.5 Å². The van der Waals surface area contributed by atoms with Crippen LogP contribution in [0.4, 0.5) is 5.82 Å². The van der Waals surface area contributed by atoms with Crippen molar-refractivity contribution in [2.45, 2.75) is 86.0 Å². The summed E-state index contributed by atoms with van der Waals surface area (Å²) in [6, 6.07) is 2.14. The highest BCUT2D eigenvalue weighted by molar-refractivity contribution is 9.11. The van der Waals surface area contributed by atoms with E-state index in [-0.39, 0.29) is 11.8 Å². The molecule has 3 heterocycles. The number of rotatable bonds is 10. The number of hydrogen-bond donors (Lipinski definition) is 4. The molecule has 2 atom stereocenters. The highest BCUT2D eigenvalue weighted by atomic mass is 79.9. The number of carbonyl (C=O) groups is 1. The van der Waals surface area contributed by atoms with Gasteiger partial charge in [-0.3, -0.25) is 20.4 Å². The number of nitrogens with one attached hydrogen (secondary N) is 1. The Hall–Kier alpha value is -3.06. The van der Waals surface area contributed by atoms with Crippen LogP contribution in [0.5, 0.6) is 0 Å². The first-order valence-corrected chi connectivity index (χ1v) is 15.6. The van der Waals surface area contributed by atoms with Gasteiger partial charge in [0, 0.05) is 57.5 Å². The molecule has 1 fully saturated rings. The quantitative estimate of drug-likeness (QED) is 0.122. The number of fused-ring (bicyclic) bond motifs is 1. The Kier molecular flexibility index (Phi) is 17.0. The summed E-state index contributed by atoms with van der Waals surface area (Å²) < 4.78 is 2.79. The first-order valence-electron chi connectivity index (χ1n) is 14.9. The second-order valence-electron chi connectivity index (χ2n) is 10.4. The summed E-state index contributed by atoms with van der Waals surface area (Å²) >= 11 is 3.24. The smallest absolute Gasteiger partial charge is 0.219 e. The normalized spacial score (nSPS) is 16.6. The van der Waals surface area contributed by atoms with E-state index in [1.807, 2.05) is 54.6 Å². The minimum Gasteiger partial charge on any atom is -0.382 e. The molecule has 3 rings (SSSR count). The zero-order chi connectivity index (χ0) is 32.6. The van der Waals surface area contributed by atoms with Crippen molar-refractivity contribution in [3.63, 3.8) is 0 Å². The van der Waals surface area contributed by atoms with Crippen molar-refractivity contribution in [1.29, 1.82) is 0 Å². The van der Waals surface area contributed by atoms with Gasteiger partial charge in [-0.2, -0.15) is 5.10 Å². The van der Waals surface area contributed by atoms with Crippen LogP contribution in [0.15, 0.2) is 52.5 Å². The second-order valence-corrected chi connectivity index (χ2v) is 11.2. The van der Waals surface area contributed by atoms with Crippen LogP contribution in [-0.2, 0) is 11.3 Å². The molecule has 0 saturated carbocycles. The van der Waals surface area contributed by atoms with Gasteiger partial charge in [-0.05, 0) is 60.7 Å². The molecule has 0 bridgehead atoms. The van der Waals surface area contributed by atoms with Gasteiger partial charge in [-0.1, -0.05) is 45.9 Å². The number of amides is 1. The Labute approximate surface area is 265 Å². The van der Waals surface area contributed by atoms with Crippen molar-refractivity contribution in [3.05, 3.63) is 58.8 Å². The maximum absolute atomic E-state index is 11.5. The fourth-order valence-corrected chi connectivity index (χ4v) is 4.45. The lowest BCUT2D eigenvalue weighted by molar-refractivity contribution is -0.130. The molecular weight excluding hydrogens is 610 g/mol. The average Bonchev–Trinajstić information content (AvgIpc) is 3.34. The number of nitrogens with two attached hydrogens (primary N) is 2. The predicted octanol–water partition coefficient (Wildman–Crippen LogP) is 4.89. The number of aliphatic hydroxyl groups is 1. The third-order valence-electron chi connectivity index (χ3n) is 6.61. The first-order chi connectivity index (χ1) is 20.3. The van der Waals surface area contributed by atoms with Crippen molar-refractivity contribution in [2.75, 3.05) is 31.9 Å². The predicted molar refractivity (Wildman–Crippen MR) is 182 cm³/mol. The monoisotopic (exact) mass is 661 g/mol. The van der Waals surface area contributed by atoms with Gasteiger partial charge in [-0.25, -0.2) is 9.50 Å². The van der Waals surface area contributed by atoms with E-state index < -0.39 is 5.85 Å². The van der Waals surface area contributed by atoms with Crippen molar-refractivity contribution < 1.29 is 9.90 Å². The highest BCUT2D eigenvalue weighted by Gasteiger charge is 2.22. The van der Waals surface area contributed by atoms with E-state index in [1.54, 1.807) is 6.92 Å². The van der Waals surface area contributed by atoms with Gasteiger partial charge < -0.3 is 21.1 Å². The Morgan fingerprint density at radius 2 is 1.93 bits per heavy atom. The van der Waals surface area contributed by atoms with Crippen LogP contribution < -0.4 is 16.8 Å². The van der Waals surface area contributed by atoms with E-state index >= 15 is 0 Å². The number of halogens is 1. The third-order valence-corrected chi connectivity index (χ3v) is 7.28. The molecule has 2 aromatic heterocycles. The summed E-state index contributed by atoms with van der Waals surface area (Å²) in [6.07, 6.45) is 12.0. The van der Waals surface area contributed by atoms with Crippen LogP contribution in [0.3, 0.4) is 0 Å². The van der Waals surface area contributed by atoms with Crippen LogP contribution in [0.2, 0.25) is 0 Å². The van der Waals surface area contributed by atoms with E-state index in [0.29, 0.717) is 5.82 Å². The molecule has 0 spiro atoms. The SMILES string of the molecule is C/C=C(Br)\N=C/CC.C=CC(C)c1cc(CN2CCN(C(C)=O)CC2)n2ncnc(N)c12.CC/C=C(\CC)NC(C)(N)O. The van der Waals surface area contributed by atoms with Gasteiger partial charge in [0.05, 0.1) is 5.69 Å². The number of nitrogens with zero attached hydrogens (tertiary/aromatic N) is 6. The molecule has 11 nitrogen and oxygen atoms in total. The second kappa shape index (κ2) is 19.3. The number of carbonyl (C=O) groups excluding carboxylic acids is 1. The molecule has 1 amide bonds. The molecule has 0 radical (unpaired) electrons. The number of aliphatic imine (C=N–C) groups is 1. The van der Waals surface area contributed by atoms with Crippen molar-refractivity contribution >= 4 is 39.4 Å². The largest absolute Gasteiger partial charge is 0.382 e. The number of hydrogen-bond acceptors (Lipinski definition) is 9. The number of anilines is 1. The summed E-state index contributed by atoms with van der Waals surface area (Å²) in [4.78, 5) is 23.8. The van der Waals surface area contributed by atoms with Crippen LogP contribution in [0, 0.1) is 0 Å². The van der Waals surface area contributed by atoms with Crippen LogP contribution >= 0.6 is 15.9 Å². The molecule has 2 aromatic rings. The van der Waals surface area contributed by atoms with E-state index in [2.05, 4.69) is 67.7 Å². The van der Waals surface area contributed by atoms with Crippen LogP contribution in [0.1, 0.15) is 84.9 Å². The summed E-state index contributed by atoms with van der Waals surface area (Å²) in [7, 11) is 0. The van der Waals surface area contributed by atoms with Crippen LogP contribution in [0.25, 0.3) is 5.52 Å². The van der Waals surface area contributed by atoms with E-state index in [9.17, 15) is 9.90 Å². The average molecular weight is 663 g/mol. The van der Waals surface area contributed by atoms with Gasteiger partial charge in [0.15, 0.2) is 11.7 Å². The maximum Gasteiger partial charge on any atom is 0.219 e. The van der Waals surface area contributed by atoms with E-state index in [4.69, 9.17) is 11.5 Å². The van der Waals surface area contributed by atoms with Gasteiger partial charge >= 0.3 is 0 Å². The fourth-order valence-electron chi connectivity index (χ4n) is 4.31. The lowest BCUT2D eigenvalue weighted by Crippen LogP contribution is -2.49. The Bertz CT molecular complexity index is 1240. The van der Waals surface area contributed by atoms with Crippen molar-refractivity contribution in [3.8, 4) is 0 Å². The van der Waals surface area contributed by atoms with Gasteiger partial charge in [-0.15, -0.1) is 6.58 Å². The Balaban J connectivity index is 0.000000404. The molecule has 0 aliphatic carbocycles. The molecule has 1 saturated heterocycles. The summed E-state index contributed by atoms with van der Waals surface area (Å²) in [5.74, 6) is -0.486. The summed E-state index contributed by atoms with van der Waals surface area (Å²) in [5, 5.41) is 16.4. The molecule has 0 aromatic carbocycles. The number of piperazine rings is 1. The fraction of sp³-hybridized carbons (Fsp3) is 0.548. The minimum atomic E-state index is -1.29. The van der Waals surface area contributed by atoms with E-state index in [1.165, 1.54) is 13.3 Å². The Morgan fingerprint density at radius 3 is 2.42 bits per heavy atom. The molecule has 12 heteroatoms. The number of aromatic nitrogens is 3. The lowest BCUT2D eigenvalue weighted by Gasteiger charge is -2.33. The molecule has 240 valence electrons. The van der Waals surface area contributed by atoms with Crippen molar-refractivity contribution in [1.82, 2.24) is 29.7 Å². The van der Waals surface area contributed by atoms with E-state index in [0.717, 1.165) is 79.1 Å². The molecule has 6 N–H and O–H groups in total. The molecular formula is C31H52BrN9O2. The highest BCUT2D eigenvalue weighted by Crippen LogP contribution is 2.28. The topological polar surface area (TPSA) is 150 Å². The van der Waals surface area contributed by atoms with Gasteiger partial charge in [0.25, 0.3) is 0 Å². The summed E-state index contributed by atoms with van der Waals surface area (Å²) in [5.41, 5.74) is 15.5. The standard InChI is InChI=1S/C17H24N6O.C8H18N2O.C6H10BrN/c1-4-12(2)15-9-14(23-16(15)17(18)19-11-20-23)10-21-5-7-22(8-6-21)13(3)24;1-4-6-7(5-2)10-8(3,9)11;1-3-5-8-6(7)4-2/h4,9,11-12H,1,5-8,10H2,2-3H3,(H2,18,19,20);6,10-11H,4-5,9H2,1-3H3;4-5H,3H2,1-2H3/b;7-6+;6-4-,8-5-. The van der Waals surface area contributed by atoms with Gasteiger partial charge in [0.2, 0.25) is 5.91 Å². The minimum absolute atomic E-state index is 0.144. The molecule has 1 aliphatic rings. The lowest BCUT2D eigenvalue weighted by atomic mass is 10.0. The third kappa shape index (κ3) is 13.4. The first kappa shape index (κ1) is 38.0. The maximum atomic E-state index is 11.5.